The number of rotatable bonds is 53. The van der Waals surface area contributed by atoms with Crippen molar-refractivity contribution in [1.29, 1.82) is 0 Å². The predicted molar refractivity (Wildman–Crippen MR) is 271 cm³/mol. The Hall–Kier alpha value is -1.11. The molecule has 6 nitrogen and oxygen atoms in total. The van der Waals surface area contributed by atoms with E-state index in [4.69, 9.17) is 0 Å². The molecule has 0 aromatic carbocycles. The van der Waals surface area contributed by atoms with Gasteiger partial charge in [-0.3, -0.25) is 14.4 Å². The van der Waals surface area contributed by atoms with Gasteiger partial charge in [-0.2, -0.15) is 0 Å². The fourth-order valence-electron chi connectivity index (χ4n) is 9.40. The number of hydrogen-bond donors (Lipinski definition) is 3. The van der Waals surface area contributed by atoms with Gasteiger partial charge < -0.3 is 15.3 Å². The number of aliphatic hydroxyl groups excluding tert-OH is 2. The van der Waals surface area contributed by atoms with E-state index in [1.54, 1.807) is 0 Å². The summed E-state index contributed by atoms with van der Waals surface area (Å²) in [6.07, 6.45) is 49.7. The minimum atomic E-state index is -2.75. The zero-order chi connectivity index (χ0) is 46.3. The van der Waals surface area contributed by atoms with Crippen molar-refractivity contribution in [3.05, 3.63) is 0 Å². The molecule has 0 aromatic heterocycles. The molecule has 3 N–H and O–H groups in total. The minimum absolute atomic E-state index is 0.0453. The topological polar surface area (TPSA) is 112 Å². The summed E-state index contributed by atoms with van der Waals surface area (Å²) in [5.74, 6) is -2.11. The summed E-state index contributed by atoms with van der Waals surface area (Å²) in [6, 6.07) is 0. The maximum Gasteiger partial charge on any atom is 0.210 e. The smallest absolute Gasteiger partial charge is 0.210 e. The van der Waals surface area contributed by atoms with E-state index in [0.717, 1.165) is 57.8 Å². The number of ketones is 3. The molecule has 0 aromatic rings. The van der Waals surface area contributed by atoms with Gasteiger partial charge in [0.05, 0.1) is 0 Å². The molecule has 0 aliphatic heterocycles. The molecule has 0 saturated carbocycles. The molecule has 0 aliphatic carbocycles. The molecule has 0 heterocycles. The monoisotopic (exact) mass is 891 g/mol. The molecule has 0 bridgehead atoms. The maximum atomic E-state index is 13.6. The second kappa shape index (κ2) is 47.4. The third-order valence-corrected chi connectivity index (χ3v) is 13.9. The molecule has 63 heavy (non-hydrogen) atoms. The third-order valence-electron chi connectivity index (χ3n) is 13.9. The Balaban J connectivity index is 4.71. The Kier molecular flexibility index (Phi) is 46.6. The number of carbonyl (C=O) groups excluding carboxylic acids is 3. The highest BCUT2D eigenvalue weighted by atomic mass is 16.4. The fourth-order valence-corrected chi connectivity index (χ4v) is 9.40. The highest BCUT2D eigenvalue weighted by Gasteiger charge is 2.52. The summed E-state index contributed by atoms with van der Waals surface area (Å²) in [4.78, 5) is 40.3. The molecule has 0 fully saturated rings. The van der Waals surface area contributed by atoms with Crippen LogP contribution >= 0.6 is 0 Å². The summed E-state index contributed by atoms with van der Waals surface area (Å²) in [5, 5.41) is 33.9. The Morgan fingerprint density at radius 3 is 0.683 bits per heavy atom. The first-order chi connectivity index (χ1) is 30.8. The first kappa shape index (κ1) is 61.9. The first-order valence-corrected chi connectivity index (χ1v) is 28.4. The summed E-state index contributed by atoms with van der Waals surface area (Å²) in [5.41, 5.74) is -2.75. The van der Waals surface area contributed by atoms with E-state index in [2.05, 4.69) is 20.8 Å². The van der Waals surface area contributed by atoms with Gasteiger partial charge in [-0.05, 0) is 19.3 Å². The lowest BCUT2D eigenvalue weighted by molar-refractivity contribution is -0.174. The van der Waals surface area contributed by atoms with Crippen molar-refractivity contribution in [2.24, 2.45) is 0 Å². The molecule has 0 aliphatic rings. The van der Waals surface area contributed by atoms with Crippen molar-refractivity contribution >= 4 is 17.3 Å². The molecule has 0 rings (SSSR count). The van der Waals surface area contributed by atoms with Crippen LogP contribution in [0.2, 0.25) is 0 Å². The van der Waals surface area contributed by atoms with Crippen molar-refractivity contribution in [2.45, 2.75) is 347 Å². The Morgan fingerprint density at radius 2 is 0.476 bits per heavy atom. The number of carbonyl (C=O) groups is 3. The second-order valence-corrected chi connectivity index (χ2v) is 20.1. The lowest BCUT2D eigenvalue weighted by Gasteiger charge is -2.32. The molecular weight excluding hydrogens is 781 g/mol. The minimum Gasteiger partial charge on any atom is -0.386 e. The van der Waals surface area contributed by atoms with Crippen LogP contribution in [0.5, 0.6) is 0 Å². The van der Waals surface area contributed by atoms with Crippen LogP contribution in [0, 0.1) is 0 Å². The number of Topliss-reactive ketones (excluding diaryl/α,β-unsaturated/α-hetero) is 3. The average molecular weight is 892 g/mol. The van der Waals surface area contributed by atoms with Crippen LogP contribution in [0.25, 0.3) is 0 Å². The molecule has 2 atom stereocenters. The summed E-state index contributed by atoms with van der Waals surface area (Å²) in [6.45, 7) is 6.78. The van der Waals surface area contributed by atoms with Gasteiger partial charge in [-0.25, -0.2) is 0 Å². The van der Waals surface area contributed by atoms with E-state index < -0.39 is 35.2 Å². The van der Waals surface area contributed by atoms with Gasteiger partial charge >= 0.3 is 0 Å². The van der Waals surface area contributed by atoms with E-state index in [9.17, 15) is 29.7 Å². The van der Waals surface area contributed by atoms with Crippen molar-refractivity contribution < 1.29 is 29.7 Å². The zero-order valence-electron chi connectivity index (χ0n) is 42.7. The molecular formula is C57H110O6. The van der Waals surface area contributed by atoms with Crippen molar-refractivity contribution in [3.63, 3.8) is 0 Å². The van der Waals surface area contributed by atoms with Crippen molar-refractivity contribution in [3.8, 4) is 0 Å². The van der Waals surface area contributed by atoms with Gasteiger partial charge in [-0.1, -0.05) is 290 Å². The van der Waals surface area contributed by atoms with Crippen LogP contribution in [0.3, 0.4) is 0 Å². The number of unbranched alkanes of at least 4 members (excludes halogenated alkanes) is 42. The Morgan fingerprint density at radius 1 is 0.302 bits per heavy atom. The normalized spacial score (nSPS) is 12.9. The predicted octanol–water partition coefficient (Wildman–Crippen LogP) is 16.9. The molecule has 0 radical (unpaired) electrons. The zero-order valence-corrected chi connectivity index (χ0v) is 42.7. The van der Waals surface area contributed by atoms with Crippen LogP contribution in [0.4, 0.5) is 0 Å². The first-order valence-electron chi connectivity index (χ1n) is 28.4. The number of aliphatic hydroxyl groups is 3. The van der Waals surface area contributed by atoms with Crippen LogP contribution in [-0.2, 0) is 14.4 Å². The Bertz CT molecular complexity index is 949. The van der Waals surface area contributed by atoms with E-state index in [1.165, 1.54) is 212 Å². The largest absolute Gasteiger partial charge is 0.386 e. The lowest BCUT2D eigenvalue weighted by atomic mass is 9.79. The quantitative estimate of drug-likeness (QED) is 0.0414. The number of hydrogen-bond acceptors (Lipinski definition) is 6. The SMILES string of the molecule is CCCCCCCCCCCCCCCCCC(=O)C(O)C(O)C(O)(C(=O)CCCCCCCCCCCCCCCCC)C(=O)CCCCCCCCCCCCCCCCC. The fraction of sp³-hybridized carbons (Fsp3) is 0.947. The van der Waals surface area contributed by atoms with Gasteiger partial charge in [-0.15, -0.1) is 0 Å². The third kappa shape index (κ3) is 36.7. The molecule has 6 heteroatoms. The highest BCUT2D eigenvalue weighted by Crippen LogP contribution is 2.26. The van der Waals surface area contributed by atoms with Crippen LogP contribution in [0.1, 0.15) is 329 Å². The molecule has 374 valence electrons. The second-order valence-electron chi connectivity index (χ2n) is 20.1. The summed E-state index contributed by atoms with van der Waals surface area (Å²) >= 11 is 0. The van der Waals surface area contributed by atoms with Crippen LogP contribution in [0.15, 0.2) is 0 Å². The summed E-state index contributed by atoms with van der Waals surface area (Å²) in [7, 11) is 0. The van der Waals surface area contributed by atoms with Crippen LogP contribution < -0.4 is 0 Å². The van der Waals surface area contributed by atoms with E-state index >= 15 is 0 Å². The highest BCUT2D eigenvalue weighted by molar-refractivity contribution is 6.11. The van der Waals surface area contributed by atoms with Gasteiger partial charge in [0.2, 0.25) is 5.60 Å². The van der Waals surface area contributed by atoms with Crippen LogP contribution in [-0.4, -0.2) is 50.5 Å². The van der Waals surface area contributed by atoms with Gasteiger partial charge in [0.15, 0.2) is 17.3 Å². The van der Waals surface area contributed by atoms with E-state index in [1.807, 2.05) is 0 Å². The molecule has 2 unspecified atom stereocenters. The van der Waals surface area contributed by atoms with E-state index in [0.29, 0.717) is 19.3 Å². The molecule has 0 saturated heterocycles. The molecule has 0 amide bonds. The maximum absolute atomic E-state index is 13.6. The lowest BCUT2D eigenvalue weighted by Crippen LogP contribution is -2.61. The van der Waals surface area contributed by atoms with Gasteiger partial charge in [0.25, 0.3) is 0 Å². The van der Waals surface area contributed by atoms with Gasteiger partial charge in [0.1, 0.15) is 12.2 Å². The van der Waals surface area contributed by atoms with E-state index in [-0.39, 0.29) is 19.3 Å². The van der Waals surface area contributed by atoms with Crippen molar-refractivity contribution in [1.82, 2.24) is 0 Å². The average Bonchev–Trinajstić information content (AvgIpc) is 3.29. The Labute approximate surface area is 392 Å². The van der Waals surface area contributed by atoms with Gasteiger partial charge in [0, 0.05) is 19.3 Å². The standard InChI is InChI=1S/C57H110O6/c1-4-7-10-13-16-19-22-25-28-31-34-37-40-43-46-49-52(58)55(61)56(62)57(63,53(59)50-47-44-41-38-35-32-29-26-23-20-17-14-11-8-5-2)54(60)51-48-45-42-39-36-33-30-27-24-21-18-15-12-9-6-3/h55-56,61-63H,4-51H2,1-3H3. The van der Waals surface area contributed by atoms with Crippen molar-refractivity contribution in [2.75, 3.05) is 0 Å². The summed E-state index contributed by atoms with van der Waals surface area (Å²) < 4.78 is 0. The molecule has 0 spiro atoms.